The van der Waals surface area contributed by atoms with Crippen molar-refractivity contribution in [2.75, 3.05) is 31.5 Å². The highest BCUT2D eigenvalue weighted by Gasteiger charge is 2.26. The number of nitrogens with zero attached hydrogens (tertiary/aromatic N) is 2. The number of benzene rings is 1. The van der Waals surface area contributed by atoms with E-state index in [9.17, 15) is 14.4 Å². The van der Waals surface area contributed by atoms with Gasteiger partial charge in [0.15, 0.2) is 0 Å². The van der Waals surface area contributed by atoms with Gasteiger partial charge in [-0.2, -0.15) is 0 Å². The predicted molar refractivity (Wildman–Crippen MR) is 99.1 cm³/mol. The lowest BCUT2D eigenvalue weighted by molar-refractivity contribution is -0.114. The molecule has 1 heterocycles. The van der Waals surface area contributed by atoms with E-state index < -0.39 is 5.60 Å². The molecule has 1 aromatic rings. The monoisotopic (exact) mass is 361 g/mol. The summed E-state index contributed by atoms with van der Waals surface area (Å²) in [5.74, 6) is -0.291. The SMILES string of the molecule is CC(=O)Nc1cccc(C(=O)N2CCCN(C(=O)OC(C)(C)C)CC2)c1. The fraction of sp³-hybridized carbons (Fsp3) is 0.526. The zero-order valence-corrected chi connectivity index (χ0v) is 15.9. The maximum absolute atomic E-state index is 12.8. The lowest BCUT2D eigenvalue weighted by Crippen LogP contribution is -2.40. The van der Waals surface area contributed by atoms with Crippen molar-refractivity contribution < 1.29 is 19.1 Å². The maximum Gasteiger partial charge on any atom is 0.410 e. The quantitative estimate of drug-likeness (QED) is 0.878. The Balaban J connectivity index is 2.01. The van der Waals surface area contributed by atoms with Gasteiger partial charge in [0.1, 0.15) is 5.60 Å². The molecule has 0 aromatic heterocycles. The third-order valence-corrected chi connectivity index (χ3v) is 3.86. The van der Waals surface area contributed by atoms with Crippen LogP contribution >= 0.6 is 0 Å². The molecule has 142 valence electrons. The summed E-state index contributed by atoms with van der Waals surface area (Å²) in [7, 11) is 0. The molecule has 26 heavy (non-hydrogen) atoms. The van der Waals surface area contributed by atoms with Gasteiger partial charge in [0.05, 0.1) is 0 Å². The van der Waals surface area contributed by atoms with Crippen molar-refractivity contribution >= 4 is 23.6 Å². The van der Waals surface area contributed by atoms with Gasteiger partial charge in [-0.15, -0.1) is 0 Å². The number of rotatable bonds is 2. The minimum Gasteiger partial charge on any atom is -0.444 e. The van der Waals surface area contributed by atoms with Crippen molar-refractivity contribution in [3.05, 3.63) is 29.8 Å². The zero-order valence-electron chi connectivity index (χ0n) is 15.9. The van der Waals surface area contributed by atoms with E-state index in [0.717, 1.165) is 0 Å². The highest BCUT2D eigenvalue weighted by atomic mass is 16.6. The Morgan fingerprint density at radius 1 is 1.04 bits per heavy atom. The first-order valence-electron chi connectivity index (χ1n) is 8.80. The van der Waals surface area contributed by atoms with Crippen molar-refractivity contribution in [2.45, 2.75) is 39.7 Å². The van der Waals surface area contributed by atoms with Gasteiger partial charge in [-0.25, -0.2) is 4.79 Å². The zero-order chi connectivity index (χ0) is 19.3. The van der Waals surface area contributed by atoms with Crippen LogP contribution in [0.5, 0.6) is 0 Å². The Kier molecular flexibility index (Phi) is 6.23. The second kappa shape index (κ2) is 8.21. The molecule has 0 bridgehead atoms. The van der Waals surface area contributed by atoms with Crippen LogP contribution in [-0.4, -0.2) is 59.5 Å². The average Bonchev–Trinajstić information content (AvgIpc) is 2.78. The van der Waals surface area contributed by atoms with Crippen molar-refractivity contribution in [3.8, 4) is 0 Å². The van der Waals surface area contributed by atoms with Crippen molar-refractivity contribution in [1.29, 1.82) is 0 Å². The molecule has 7 heteroatoms. The summed E-state index contributed by atoms with van der Waals surface area (Å²) in [6.45, 7) is 8.94. The summed E-state index contributed by atoms with van der Waals surface area (Å²) in [6.07, 6.45) is 0.343. The molecule has 0 atom stereocenters. The summed E-state index contributed by atoms with van der Waals surface area (Å²) >= 11 is 0. The first-order valence-corrected chi connectivity index (χ1v) is 8.80. The van der Waals surface area contributed by atoms with Crippen molar-refractivity contribution in [1.82, 2.24) is 9.80 Å². The van der Waals surface area contributed by atoms with E-state index in [0.29, 0.717) is 43.9 Å². The minimum absolute atomic E-state index is 0.108. The van der Waals surface area contributed by atoms with Gasteiger partial charge in [-0.1, -0.05) is 6.07 Å². The molecule has 1 saturated heterocycles. The summed E-state index contributed by atoms with van der Waals surface area (Å²) < 4.78 is 5.41. The van der Waals surface area contributed by atoms with E-state index in [1.807, 2.05) is 20.8 Å². The molecule has 0 saturated carbocycles. The first-order chi connectivity index (χ1) is 12.2. The average molecular weight is 361 g/mol. The Bertz CT molecular complexity index is 682. The largest absolute Gasteiger partial charge is 0.444 e. The fourth-order valence-corrected chi connectivity index (χ4v) is 2.75. The molecule has 0 aliphatic carbocycles. The topological polar surface area (TPSA) is 79.0 Å². The smallest absolute Gasteiger partial charge is 0.410 e. The number of hydrogen-bond donors (Lipinski definition) is 1. The van der Waals surface area contributed by atoms with Gasteiger partial charge in [0.2, 0.25) is 5.91 Å². The van der Waals surface area contributed by atoms with Crippen LogP contribution in [0.2, 0.25) is 0 Å². The van der Waals surface area contributed by atoms with Crippen LogP contribution in [0.3, 0.4) is 0 Å². The molecule has 1 N–H and O–H groups in total. The third kappa shape index (κ3) is 5.75. The lowest BCUT2D eigenvalue weighted by Gasteiger charge is -2.26. The summed E-state index contributed by atoms with van der Waals surface area (Å²) in [6, 6.07) is 6.87. The molecule has 0 unspecified atom stereocenters. The van der Waals surface area contributed by atoms with Crippen LogP contribution in [0.4, 0.5) is 10.5 Å². The summed E-state index contributed by atoms with van der Waals surface area (Å²) in [5.41, 5.74) is 0.568. The van der Waals surface area contributed by atoms with Crippen LogP contribution in [-0.2, 0) is 9.53 Å². The summed E-state index contributed by atoms with van der Waals surface area (Å²) in [4.78, 5) is 39.6. The molecular weight excluding hydrogens is 334 g/mol. The molecule has 0 radical (unpaired) electrons. The van der Waals surface area contributed by atoms with Crippen LogP contribution in [0.1, 0.15) is 44.5 Å². The Morgan fingerprint density at radius 2 is 1.69 bits per heavy atom. The second-order valence-corrected chi connectivity index (χ2v) is 7.38. The van der Waals surface area contributed by atoms with E-state index in [1.54, 1.807) is 34.1 Å². The van der Waals surface area contributed by atoms with E-state index in [1.165, 1.54) is 6.92 Å². The molecule has 1 aromatic carbocycles. The van der Waals surface area contributed by atoms with Gasteiger partial charge in [-0.05, 0) is 45.4 Å². The van der Waals surface area contributed by atoms with Crippen LogP contribution in [0.15, 0.2) is 24.3 Å². The molecular formula is C19H27N3O4. The predicted octanol–water partition coefficient (Wildman–Crippen LogP) is 2.73. The minimum atomic E-state index is -0.539. The van der Waals surface area contributed by atoms with Gasteiger partial charge in [-0.3, -0.25) is 9.59 Å². The fourth-order valence-electron chi connectivity index (χ4n) is 2.75. The standard InChI is InChI=1S/C19H27N3O4/c1-14(23)20-16-8-5-7-15(13-16)17(24)21-9-6-10-22(12-11-21)18(25)26-19(2,3)4/h5,7-8,13H,6,9-12H2,1-4H3,(H,20,23). The highest BCUT2D eigenvalue weighted by molar-refractivity contribution is 5.96. The van der Waals surface area contributed by atoms with E-state index >= 15 is 0 Å². The van der Waals surface area contributed by atoms with E-state index in [-0.39, 0.29) is 17.9 Å². The Hall–Kier alpha value is -2.57. The molecule has 0 spiro atoms. The first kappa shape index (κ1) is 19.8. The second-order valence-electron chi connectivity index (χ2n) is 7.38. The number of amides is 3. The van der Waals surface area contributed by atoms with E-state index in [2.05, 4.69) is 5.32 Å². The van der Waals surface area contributed by atoms with Gasteiger partial charge in [0, 0.05) is 44.4 Å². The third-order valence-electron chi connectivity index (χ3n) is 3.86. The lowest BCUT2D eigenvalue weighted by atomic mass is 10.1. The van der Waals surface area contributed by atoms with Crippen LogP contribution in [0, 0.1) is 0 Å². The molecule has 7 nitrogen and oxygen atoms in total. The highest BCUT2D eigenvalue weighted by Crippen LogP contribution is 2.16. The normalized spacial score (nSPS) is 15.2. The Labute approximate surface area is 154 Å². The molecule has 1 aliphatic rings. The molecule has 1 aliphatic heterocycles. The molecule has 3 amide bonds. The van der Waals surface area contributed by atoms with E-state index in [4.69, 9.17) is 4.74 Å². The van der Waals surface area contributed by atoms with Crippen LogP contribution < -0.4 is 5.32 Å². The number of hydrogen-bond acceptors (Lipinski definition) is 4. The number of carbonyl (C=O) groups is 3. The number of ether oxygens (including phenoxy) is 1. The number of anilines is 1. The van der Waals surface area contributed by atoms with Gasteiger partial charge >= 0.3 is 6.09 Å². The van der Waals surface area contributed by atoms with Crippen molar-refractivity contribution in [2.24, 2.45) is 0 Å². The van der Waals surface area contributed by atoms with Crippen LogP contribution in [0.25, 0.3) is 0 Å². The maximum atomic E-state index is 12.8. The molecule has 2 rings (SSSR count). The van der Waals surface area contributed by atoms with Crippen molar-refractivity contribution in [3.63, 3.8) is 0 Å². The number of carbonyl (C=O) groups excluding carboxylic acids is 3. The van der Waals surface area contributed by atoms with Gasteiger partial charge in [0.25, 0.3) is 5.91 Å². The molecule has 1 fully saturated rings. The number of nitrogens with one attached hydrogen (secondary N) is 1. The van der Waals surface area contributed by atoms with Gasteiger partial charge < -0.3 is 19.9 Å². The summed E-state index contributed by atoms with van der Waals surface area (Å²) in [5, 5.41) is 2.68. The Morgan fingerprint density at radius 3 is 2.35 bits per heavy atom.